The van der Waals surface area contributed by atoms with Gasteiger partial charge in [-0.2, -0.15) is 0 Å². The van der Waals surface area contributed by atoms with Crippen LogP contribution in [0.1, 0.15) is 30.4 Å². The molecule has 1 aliphatic heterocycles. The summed E-state index contributed by atoms with van der Waals surface area (Å²) in [5.74, 6) is 0.0752. The zero-order valence-corrected chi connectivity index (χ0v) is 14.4. The van der Waals surface area contributed by atoms with E-state index in [0.717, 1.165) is 37.1 Å². The van der Waals surface area contributed by atoms with Gasteiger partial charge in [-0.05, 0) is 36.5 Å². The molecule has 0 atom stereocenters. The van der Waals surface area contributed by atoms with E-state index in [9.17, 15) is 9.59 Å². The third-order valence-electron chi connectivity index (χ3n) is 4.56. The molecule has 4 nitrogen and oxygen atoms in total. The second-order valence-corrected chi connectivity index (χ2v) is 6.36. The number of nitrogens with zero attached hydrogens (tertiary/aromatic N) is 1. The molecule has 2 aromatic rings. The van der Waals surface area contributed by atoms with Crippen LogP contribution in [0.4, 0.5) is 5.69 Å². The summed E-state index contributed by atoms with van der Waals surface area (Å²) < 4.78 is 0. The summed E-state index contributed by atoms with van der Waals surface area (Å²) in [5, 5.41) is 2.86. The Bertz CT molecular complexity index is 728. The Kier molecular flexibility index (Phi) is 5.83. The predicted molar refractivity (Wildman–Crippen MR) is 99.5 cm³/mol. The number of hydrogen-bond acceptors (Lipinski definition) is 2. The van der Waals surface area contributed by atoms with Crippen LogP contribution in [-0.2, 0) is 22.4 Å². The second kappa shape index (κ2) is 8.47. The van der Waals surface area contributed by atoms with E-state index in [0.29, 0.717) is 19.4 Å². The van der Waals surface area contributed by atoms with Gasteiger partial charge in [-0.25, -0.2) is 0 Å². The summed E-state index contributed by atoms with van der Waals surface area (Å²) >= 11 is 0. The maximum atomic E-state index is 12.5. The smallest absolute Gasteiger partial charge is 0.228 e. The highest BCUT2D eigenvalue weighted by atomic mass is 16.2. The topological polar surface area (TPSA) is 49.4 Å². The Labute approximate surface area is 148 Å². The Morgan fingerprint density at radius 1 is 0.960 bits per heavy atom. The Balaban J connectivity index is 1.43. The molecule has 130 valence electrons. The van der Waals surface area contributed by atoms with Crippen molar-refractivity contribution in [1.29, 1.82) is 0 Å². The molecule has 25 heavy (non-hydrogen) atoms. The SMILES string of the molecule is O=C(CCc1ccccc1)NCCC(=O)N1CCCc2ccccc21. The van der Waals surface area contributed by atoms with Crippen LogP contribution in [0.5, 0.6) is 0 Å². The number of anilines is 1. The number of carbonyl (C=O) groups is 2. The van der Waals surface area contributed by atoms with Gasteiger partial charge in [-0.1, -0.05) is 48.5 Å². The minimum atomic E-state index is -0.00398. The summed E-state index contributed by atoms with van der Waals surface area (Å²) in [7, 11) is 0. The number of hydrogen-bond donors (Lipinski definition) is 1. The highest BCUT2D eigenvalue weighted by Gasteiger charge is 2.21. The molecule has 1 aliphatic rings. The van der Waals surface area contributed by atoms with Crippen molar-refractivity contribution < 1.29 is 9.59 Å². The van der Waals surface area contributed by atoms with Crippen molar-refractivity contribution in [2.45, 2.75) is 32.1 Å². The Morgan fingerprint density at radius 3 is 2.56 bits per heavy atom. The van der Waals surface area contributed by atoms with E-state index in [1.807, 2.05) is 53.4 Å². The standard InChI is InChI=1S/C21H24N2O2/c24-20(13-12-17-7-2-1-3-8-17)22-15-14-21(25)23-16-6-10-18-9-4-5-11-19(18)23/h1-5,7-9,11H,6,10,12-16H2,(H,22,24). The van der Waals surface area contributed by atoms with Gasteiger partial charge in [0.15, 0.2) is 0 Å². The molecule has 2 amide bonds. The maximum absolute atomic E-state index is 12.5. The van der Waals surface area contributed by atoms with Gasteiger partial charge < -0.3 is 10.2 Å². The third kappa shape index (κ3) is 4.69. The van der Waals surface area contributed by atoms with Gasteiger partial charge in [0.2, 0.25) is 11.8 Å². The first-order chi connectivity index (χ1) is 12.2. The molecular weight excluding hydrogens is 312 g/mol. The van der Waals surface area contributed by atoms with Crippen molar-refractivity contribution in [1.82, 2.24) is 5.32 Å². The lowest BCUT2D eigenvalue weighted by Crippen LogP contribution is -2.37. The minimum Gasteiger partial charge on any atom is -0.356 e. The first-order valence-electron chi connectivity index (χ1n) is 8.93. The van der Waals surface area contributed by atoms with Crippen molar-refractivity contribution in [3.05, 3.63) is 65.7 Å². The number of carbonyl (C=O) groups excluding carboxylic acids is 2. The molecule has 0 saturated carbocycles. The highest BCUT2D eigenvalue weighted by Crippen LogP contribution is 2.26. The Hall–Kier alpha value is -2.62. The summed E-state index contributed by atoms with van der Waals surface area (Å²) in [6.45, 7) is 1.16. The molecule has 0 spiro atoms. The molecule has 0 saturated heterocycles. The molecule has 0 aliphatic carbocycles. The van der Waals surface area contributed by atoms with Gasteiger partial charge in [-0.3, -0.25) is 9.59 Å². The van der Waals surface area contributed by atoms with Crippen molar-refractivity contribution in [2.24, 2.45) is 0 Å². The largest absolute Gasteiger partial charge is 0.356 e. The molecule has 1 heterocycles. The van der Waals surface area contributed by atoms with E-state index in [1.165, 1.54) is 5.56 Å². The molecule has 0 bridgehead atoms. The first-order valence-corrected chi connectivity index (χ1v) is 8.93. The van der Waals surface area contributed by atoms with Crippen molar-refractivity contribution in [3.63, 3.8) is 0 Å². The van der Waals surface area contributed by atoms with Crippen molar-refractivity contribution in [3.8, 4) is 0 Å². The van der Waals surface area contributed by atoms with Crippen LogP contribution in [-0.4, -0.2) is 24.9 Å². The van der Waals surface area contributed by atoms with Gasteiger partial charge in [0, 0.05) is 31.6 Å². The predicted octanol–water partition coefficient (Wildman–Crippen LogP) is 3.10. The number of aryl methyl sites for hydroxylation is 2. The molecule has 0 aromatic heterocycles. The quantitative estimate of drug-likeness (QED) is 0.881. The lowest BCUT2D eigenvalue weighted by molar-refractivity contribution is -0.121. The molecule has 0 fully saturated rings. The van der Waals surface area contributed by atoms with E-state index < -0.39 is 0 Å². The summed E-state index contributed by atoms with van der Waals surface area (Å²) in [4.78, 5) is 26.3. The zero-order valence-electron chi connectivity index (χ0n) is 14.4. The number of rotatable bonds is 6. The van der Waals surface area contributed by atoms with Gasteiger partial charge in [0.25, 0.3) is 0 Å². The van der Waals surface area contributed by atoms with E-state index in [-0.39, 0.29) is 11.8 Å². The highest BCUT2D eigenvalue weighted by molar-refractivity contribution is 5.94. The zero-order chi connectivity index (χ0) is 17.5. The normalized spacial score (nSPS) is 13.2. The fraction of sp³-hybridized carbons (Fsp3) is 0.333. The van der Waals surface area contributed by atoms with Gasteiger partial charge in [-0.15, -0.1) is 0 Å². The monoisotopic (exact) mass is 336 g/mol. The van der Waals surface area contributed by atoms with Crippen LogP contribution in [0.25, 0.3) is 0 Å². The number of benzene rings is 2. The average Bonchev–Trinajstić information content (AvgIpc) is 2.66. The molecule has 0 unspecified atom stereocenters. The molecular formula is C21H24N2O2. The van der Waals surface area contributed by atoms with E-state index in [2.05, 4.69) is 11.4 Å². The van der Waals surface area contributed by atoms with E-state index in [1.54, 1.807) is 0 Å². The summed E-state index contributed by atoms with van der Waals surface area (Å²) in [6, 6.07) is 18.0. The van der Waals surface area contributed by atoms with Crippen LogP contribution in [0, 0.1) is 0 Å². The van der Waals surface area contributed by atoms with Gasteiger partial charge in [0.05, 0.1) is 0 Å². The number of para-hydroxylation sites is 1. The third-order valence-corrected chi connectivity index (χ3v) is 4.56. The second-order valence-electron chi connectivity index (χ2n) is 6.36. The summed E-state index contributed by atoms with van der Waals surface area (Å²) in [5.41, 5.74) is 3.40. The molecule has 1 N–H and O–H groups in total. The lowest BCUT2D eigenvalue weighted by atomic mass is 10.0. The molecule has 3 rings (SSSR count). The van der Waals surface area contributed by atoms with Crippen LogP contribution >= 0.6 is 0 Å². The van der Waals surface area contributed by atoms with Gasteiger partial charge in [0.1, 0.15) is 0 Å². The molecule has 4 heteroatoms. The maximum Gasteiger partial charge on any atom is 0.228 e. The van der Waals surface area contributed by atoms with E-state index >= 15 is 0 Å². The number of amides is 2. The fourth-order valence-electron chi connectivity index (χ4n) is 3.23. The van der Waals surface area contributed by atoms with Crippen LogP contribution in [0.15, 0.2) is 54.6 Å². The minimum absolute atomic E-state index is 0.00398. The van der Waals surface area contributed by atoms with Gasteiger partial charge >= 0.3 is 0 Å². The molecule has 2 aromatic carbocycles. The lowest BCUT2D eigenvalue weighted by Gasteiger charge is -2.29. The van der Waals surface area contributed by atoms with Crippen LogP contribution in [0.2, 0.25) is 0 Å². The van der Waals surface area contributed by atoms with Crippen LogP contribution < -0.4 is 10.2 Å². The fourth-order valence-corrected chi connectivity index (χ4v) is 3.23. The first kappa shape index (κ1) is 17.2. The average molecular weight is 336 g/mol. The van der Waals surface area contributed by atoms with E-state index in [4.69, 9.17) is 0 Å². The Morgan fingerprint density at radius 2 is 1.72 bits per heavy atom. The number of nitrogens with one attached hydrogen (secondary N) is 1. The molecule has 0 radical (unpaired) electrons. The summed E-state index contributed by atoms with van der Waals surface area (Å²) in [6.07, 6.45) is 3.53. The van der Waals surface area contributed by atoms with Crippen molar-refractivity contribution >= 4 is 17.5 Å². The van der Waals surface area contributed by atoms with Crippen molar-refractivity contribution in [2.75, 3.05) is 18.0 Å². The van der Waals surface area contributed by atoms with Crippen LogP contribution in [0.3, 0.4) is 0 Å². The number of fused-ring (bicyclic) bond motifs is 1.